The molecule has 0 aromatic carbocycles. The Bertz CT molecular complexity index is 489. The van der Waals surface area contributed by atoms with E-state index in [1.165, 1.54) is 70.6 Å². The van der Waals surface area contributed by atoms with E-state index < -0.39 is 11.5 Å². The van der Waals surface area contributed by atoms with Crippen LogP contribution in [0.4, 0.5) is 0 Å². The molecule has 0 spiro atoms. The van der Waals surface area contributed by atoms with Gasteiger partial charge in [-0.15, -0.1) is 0 Å². The third-order valence-electron chi connectivity index (χ3n) is 7.14. The lowest BCUT2D eigenvalue weighted by atomic mass is 9.98. The van der Waals surface area contributed by atoms with Gasteiger partial charge in [-0.2, -0.15) is 0 Å². The van der Waals surface area contributed by atoms with Crippen molar-refractivity contribution in [2.45, 2.75) is 142 Å². The minimum atomic E-state index is -0.970. The number of rotatable bonds is 20. The van der Waals surface area contributed by atoms with Crippen LogP contribution < -0.4 is 5.32 Å². The van der Waals surface area contributed by atoms with Crippen molar-refractivity contribution in [2.75, 3.05) is 14.1 Å². The molecule has 0 aromatic rings. The Hall–Kier alpha value is -1.10. The monoisotopic (exact) mass is 441 g/mol. The molecule has 0 aliphatic carbocycles. The van der Waals surface area contributed by atoms with Crippen LogP contribution in [0.2, 0.25) is 0 Å². The fraction of sp³-hybridized carbons (Fsp3) is 0.923. The van der Waals surface area contributed by atoms with Crippen molar-refractivity contribution in [1.82, 2.24) is 5.32 Å². The Kier molecular flexibility index (Phi) is 15.9. The van der Waals surface area contributed by atoms with Crippen molar-refractivity contribution in [2.24, 2.45) is 0 Å². The Morgan fingerprint density at radius 1 is 0.774 bits per heavy atom. The molecule has 184 valence electrons. The van der Waals surface area contributed by atoms with Gasteiger partial charge in [0.15, 0.2) is 11.7 Å². The van der Waals surface area contributed by atoms with Gasteiger partial charge in [-0.1, -0.05) is 90.9 Å². The van der Waals surface area contributed by atoms with Crippen molar-refractivity contribution in [1.29, 1.82) is 0 Å². The molecule has 5 nitrogen and oxygen atoms in total. The van der Waals surface area contributed by atoms with Crippen LogP contribution in [0.15, 0.2) is 0 Å². The molecule has 0 radical (unpaired) electrons. The zero-order valence-corrected chi connectivity index (χ0v) is 21.6. The van der Waals surface area contributed by atoms with Gasteiger partial charge in [-0.05, 0) is 12.8 Å². The summed E-state index contributed by atoms with van der Waals surface area (Å²) >= 11 is 0. The quantitative estimate of drug-likeness (QED) is 0.126. The smallest absolute Gasteiger partial charge is 0.365 e. The minimum absolute atomic E-state index is 0.0499. The van der Waals surface area contributed by atoms with Gasteiger partial charge in [0.2, 0.25) is 5.91 Å². The molecule has 5 heteroatoms. The maximum atomic E-state index is 12.5. The van der Waals surface area contributed by atoms with E-state index in [1.807, 2.05) is 14.1 Å². The maximum Gasteiger partial charge on any atom is 0.365 e. The van der Waals surface area contributed by atoms with Crippen LogP contribution in [-0.4, -0.2) is 47.3 Å². The topological polar surface area (TPSA) is 66.4 Å². The third kappa shape index (κ3) is 11.9. The lowest BCUT2D eigenvalue weighted by Gasteiger charge is -2.47. The molecule has 2 N–H and O–H groups in total. The molecular formula is C26H53N2O3+. The lowest BCUT2D eigenvalue weighted by molar-refractivity contribution is -0.953. The van der Waals surface area contributed by atoms with E-state index in [0.29, 0.717) is 6.42 Å². The van der Waals surface area contributed by atoms with Crippen molar-refractivity contribution in [3.63, 3.8) is 0 Å². The van der Waals surface area contributed by atoms with Gasteiger partial charge in [-0.3, -0.25) is 9.28 Å². The fourth-order valence-corrected chi connectivity index (χ4v) is 4.03. The number of hydrogen-bond acceptors (Lipinski definition) is 2. The van der Waals surface area contributed by atoms with Crippen LogP contribution in [0.1, 0.15) is 130 Å². The zero-order chi connectivity index (χ0) is 23.8. The standard InChI is InChI=1S/C26H52N2O3/c1-7-9-10-11-12-13-14-15-16-17-18-19-20-22-24(29)27-23(21-8-2)28(5,6)26(3,4)25(30)31/h23H,7-22H2,1-6H3,(H-,27,29,30,31)/p+1. The van der Waals surface area contributed by atoms with Gasteiger partial charge in [0.05, 0.1) is 14.1 Å². The van der Waals surface area contributed by atoms with Crippen molar-refractivity contribution in [3.05, 3.63) is 0 Å². The van der Waals surface area contributed by atoms with Gasteiger partial charge in [-0.25, -0.2) is 4.79 Å². The Morgan fingerprint density at radius 2 is 1.19 bits per heavy atom. The Labute approximate surface area is 192 Å². The van der Waals surface area contributed by atoms with E-state index in [-0.39, 0.29) is 16.6 Å². The second-order valence-corrected chi connectivity index (χ2v) is 10.3. The number of nitrogens with one attached hydrogen (secondary N) is 1. The first-order valence-electron chi connectivity index (χ1n) is 13.0. The van der Waals surface area contributed by atoms with Crippen LogP contribution in [0.25, 0.3) is 0 Å². The molecule has 1 unspecified atom stereocenters. The Morgan fingerprint density at radius 3 is 1.58 bits per heavy atom. The molecule has 0 saturated heterocycles. The molecule has 0 bridgehead atoms. The number of amides is 1. The highest BCUT2D eigenvalue weighted by Crippen LogP contribution is 2.26. The van der Waals surface area contributed by atoms with E-state index in [9.17, 15) is 14.7 Å². The zero-order valence-electron chi connectivity index (χ0n) is 21.6. The summed E-state index contributed by atoms with van der Waals surface area (Å²) < 4.78 is 0.237. The molecule has 0 aliphatic heterocycles. The summed E-state index contributed by atoms with van der Waals surface area (Å²) in [6.45, 7) is 7.80. The van der Waals surface area contributed by atoms with E-state index in [4.69, 9.17) is 0 Å². The number of likely N-dealkylation sites (N-methyl/N-ethyl adjacent to an activating group) is 1. The van der Waals surface area contributed by atoms with E-state index in [0.717, 1.165) is 25.7 Å². The normalized spacial score (nSPS) is 13.2. The molecule has 0 aromatic heterocycles. The first kappa shape index (κ1) is 29.9. The van der Waals surface area contributed by atoms with Crippen molar-refractivity contribution >= 4 is 11.9 Å². The summed E-state index contributed by atoms with van der Waals surface area (Å²) in [4.78, 5) is 24.2. The van der Waals surface area contributed by atoms with Crippen LogP contribution in [0.3, 0.4) is 0 Å². The molecule has 0 saturated carbocycles. The molecule has 0 fully saturated rings. The average Bonchev–Trinajstić information content (AvgIpc) is 2.70. The average molecular weight is 442 g/mol. The summed E-state index contributed by atoms with van der Waals surface area (Å²) in [7, 11) is 3.81. The minimum Gasteiger partial charge on any atom is -0.477 e. The highest BCUT2D eigenvalue weighted by Gasteiger charge is 2.48. The summed E-state index contributed by atoms with van der Waals surface area (Å²) in [5, 5.41) is 12.8. The van der Waals surface area contributed by atoms with Gasteiger partial charge in [0.25, 0.3) is 0 Å². The third-order valence-corrected chi connectivity index (χ3v) is 7.14. The van der Waals surface area contributed by atoms with Crippen LogP contribution >= 0.6 is 0 Å². The van der Waals surface area contributed by atoms with Crippen molar-refractivity contribution < 1.29 is 19.2 Å². The first-order chi connectivity index (χ1) is 14.6. The lowest BCUT2D eigenvalue weighted by Crippen LogP contribution is -2.69. The predicted octanol–water partition coefficient (Wildman–Crippen LogP) is 6.65. The summed E-state index contributed by atoms with van der Waals surface area (Å²) in [6, 6.07) is 0. The fourth-order valence-electron chi connectivity index (χ4n) is 4.03. The Balaban J connectivity index is 4.02. The second kappa shape index (κ2) is 16.5. The van der Waals surface area contributed by atoms with E-state index >= 15 is 0 Å². The number of carboxylic acid groups (broad SMARTS) is 1. The number of carboxylic acids is 1. The number of carbonyl (C=O) groups excluding carboxylic acids is 1. The molecule has 31 heavy (non-hydrogen) atoms. The second-order valence-electron chi connectivity index (χ2n) is 10.3. The van der Waals surface area contributed by atoms with Crippen LogP contribution in [-0.2, 0) is 9.59 Å². The summed E-state index contributed by atoms with van der Waals surface area (Å²) in [5.41, 5.74) is -0.970. The molecule has 1 amide bonds. The van der Waals surface area contributed by atoms with Gasteiger partial charge < -0.3 is 10.4 Å². The largest absolute Gasteiger partial charge is 0.477 e. The molecule has 1 atom stereocenters. The number of hydrogen-bond donors (Lipinski definition) is 2. The molecule has 0 aliphatic rings. The number of quaternary nitrogens is 1. The molecule has 0 rings (SSSR count). The van der Waals surface area contributed by atoms with Crippen molar-refractivity contribution in [3.8, 4) is 0 Å². The highest BCUT2D eigenvalue weighted by molar-refractivity contribution is 5.77. The predicted molar refractivity (Wildman–Crippen MR) is 131 cm³/mol. The first-order valence-corrected chi connectivity index (χ1v) is 13.0. The van der Waals surface area contributed by atoms with E-state index in [1.54, 1.807) is 13.8 Å². The van der Waals surface area contributed by atoms with E-state index in [2.05, 4.69) is 19.2 Å². The summed E-state index contributed by atoms with van der Waals surface area (Å²) in [6.07, 6.45) is 18.8. The highest BCUT2D eigenvalue weighted by atomic mass is 16.4. The number of unbranched alkanes of at least 4 members (excludes halogenated alkanes) is 12. The number of nitrogens with zero attached hydrogens (tertiary/aromatic N) is 1. The number of aliphatic carboxylic acids is 1. The molecule has 0 heterocycles. The summed E-state index contributed by atoms with van der Waals surface area (Å²) in [5.74, 6) is -0.793. The maximum absolute atomic E-state index is 12.5. The number of carbonyl (C=O) groups is 2. The van der Waals surface area contributed by atoms with Crippen LogP contribution in [0.5, 0.6) is 0 Å². The van der Waals surface area contributed by atoms with Crippen LogP contribution in [0, 0.1) is 0 Å². The van der Waals surface area contributed by atoms with Gasteiger partial charge in [0.1, 0.15) is 0 Å². The SMILES string of the molecule is CCCCCCCCCCCCCCCC(=O)NC(CCC)[N+](C)(C)C(C)(C)C(=O)O. The van der Waals surface area contributed by atoms with Gasteiger partial charge in [0, 0.05) is 26.7 Å². The molecular weight excluding hydrogens is 388 g/mol. The van der Waals surface area contributed by atoms with Gasteiger partial charge >= 0.3 is 5.97 Å².